The Balaban J connectivity index is 1.71. The Kier molecular flexibility index (Phi) is 5.66. The van der Waals surface area contributed by atoms with E-state index in [4.69, 9.17) is 21.1 Å². The molecule has 1 saturated heterocycles. The Hall–Kier alpha value is -0.810. The highest BCUT2D eigenvalue weighted by atomic mass is 35.5. The van der Waals surface area contributed by atoms with Crippen LogP contribution in [0.4, 0.5) is 0 Å². The van der Waals surface area contributed by atoms with Gasteiger partial charge in [-0.15, -0.1) is 0 Å². The Morgan fingerprint density at radius 2 is 2.35 bits per heavy atom. The predicted octanol–water partition coefficient (Wildman–Crippen LogP) is 2.16. The van der Waals surface area contributed by atoms with E-state index in [1.54, 1.807) is 6.07 Å². The molecule has 5 heteroatoms. The molecule has 0 amide bonds. The van der Waals surface area contributed by atoms with Gasteiger partial charge >= 0.3 is 0 Å². The van der Waals surface area contributed by atoms with Crippen molar-refractivity contribution in [1.82, 2.24) is 5.32 Å². The number of nitrogens with one attached hydrogen (secondary N) is 1. The van der Waals surface area contributed by atoms with Gasteiger partial charge in [-0.05, 0) is 44.0 Å². The zero-order chi connectivity index (χ0) is 14.5. The van der Waals surface area contributed by atoms with Crippen LogP contribution in [0.2, 0.25) is 5.02 Å². The van der Waals surface area contributed by atoms with Crippen molar-refractivity contribution in [2.45, 2.75) is 38.5 Å². The molecule has 0 saturated carbocycles. The summed E-state index contributed by atoms with van der Waals surface area (Å²) in [6, 6.07) is 5.80. The van der Waals surface area contributed by atoms with Gasteiger partial charge in [0.05, 0.1) is 6.10 Å². The minimum atomic E-state index is -0.543. The van der Waals surface area contributed by atoms with Crippen LogP contribution in [0.25, 0.3) is 0 Å². The van der Waals surface area contributed by atoms with Gasteiger partial charge < -0.3 is 19.9 Å². The summed E-state index contributed by atoms with van der Waals surface area (Å²) in [5.74, 6) is 0.725. The number of hydrogen-bond acceptors (Lipinski definition) is 4. The van der Waals surface area contributed by atoms with Crippen molar-refractivity contribution in [1.29, 1.82) is 0 Å². The lowest BCUT2D eigenvalue weighted by atomic mass is 10.1. The number of aryl methyl sites for hydroxylation is 1. The van der Waals surface area contributed by atoms with Crippen LogP contribution in [0.5, 0.6) is 5.75 Å². The second kappa shape index (κ2) is 7.27. The lowest BCUT2D eigenvalue weighted by Gasteiger charge is -2.19. The number of ether oxygens (including phenoxy) is 2. The summed E-state index contributed by atoms with van der Waals surface area (Å²) in [5, 5.41) is 14.0. The Bertz CT molecular complexity index is 441. The molecule has 1 heterocycles. The number of hydrogen-bond donors (Lipinski definition) is 2. The summed E-state index contributed by atoms with van der Waals surface area (Å²) < 4.78 is 11.0. The van der Waals surface area contributed by atoms with E-state index < -0.39 is 6.10 Å². The van der Waals surface area contributed by atoms with Crippen molar-refractivity contribution >= 4 is 11.6 Å². The average Bonchev–Trinajstić information content (AvgIpc) is 2.83. The molecule has 0 spiro atoms. The van der Waals surface area contributed by atoms with Gasteiger partial charge in [-0.2, -0.15) is 0 Å². The van der Waals surface area contributed by atoms with E-state index in [9.17, 15) is 5.11 Å². The molecule has 0 aromatic heterocycles. The van der Waals surface area contributed by atoms with E-state index in [0.29, 0.717) is 12.6 Å². The molecule has 0 radical (unpaired) electrons. The first kappa shape index (κ1) is 15.6. The number of aliphatic hydroxyl groups excluding tert-OH is 1. The highest BCUT2D eigenvalue weighted by molar-refractivity contribution is 6.31. The predicted molar refractivity (Wildman–Crippen MR) is 79.5 cm³/mol. The van der Waals surface area contributed by atoms with E-state index in [-0.39, 0.29) is 12.7 Å². The molecule has 2 N–H and O–H groups in total. The SMILES string of the molecule is Cc1cc(OCC(O)CNC2CCOC2C)ccc1Cl. The van der Waals surface area contributed by atoms with Gasteiger partial charge in [-0.1, -0.05) is 11.6 Å². The fourth-order valence-corrected chi connectivity index (χ4v) is 2.36. The Labute approximate surface area is 125 Å². The first-order valence-corrected chi connectivity index (χ1v) is 7.36. The Morgan fingerprint density at radius 3 is 3.00 bits per heavy atom. The third kappa shape index (κ3) is 4.35. The number of aliphatic hydroxyl groups is 1. The first-order chi connectivity index (χ1) is 9.56. The normalized spacial score (nSPS) is 23.8. The zero-order valence-corrected chi connectivity index (χ0v) is 12.7. The van der Waals surface area contributed by atoms with E-state index in [1.807, 2.05) is 26.0 Å². The monoisotopic (exact) mass is 299 g/mol. The zero-order valence-electron chi connectivity index (χ0n) is 11.9. The van der Waals surface area contributed by atoms with Crippen molar-refractivity contribution in [3.8, 4) is 5.75 Å². The molecular weight excluding hydrogens is 278 g/mol. The second-order valence-corrected chi connectivity index (χ2v) is 5.66. The third-order valence-electron chi connectivity index (χ3n) is 3.56. The van der Waals surface area contributed by atoms with Crippen LogP contribution in [-0.2, 0) is 4.74 Å². The molecule has 1 aliphatic heterocycles. The van der Waals surface area contributed by atoms with Gasteiger partial charge in [0, 0.05) is 24.2 Å². The fourth-order valence-electron chi connectivity index (χ4n) is 2.25. The minimum absolute atomic E-state index is 0.210. The van der Waals surface area contributed by atoms with Crippen molar-refractivity contribution in [2.24, 2.45) is 0 Å². The number of halogens is 1. The molecule has 4 nitrogen and oxygen atoms in total. The van der Waals surface area contributed by atoms with E-state index in [2.05, 4.69) is 5.32 Å². The van der Waals surface area contributed by atoms with E-state index in [1.165, 1.54) is 0 Å². The summed E-state index contributed by atoms with van der Waals surface area (Å²) in [6.45, 7) is 5.52. The highest BCUT2D eigenvalue weighted by Gasteiger charge is 2.24. The molecule has 3 unspecified atom stereocenters. The fraction of sp³-hybridized carbons (Fsp3) is 0.600. The molecule has 3 atom stereocenters. The molecule has 0 bridgehead atoms. The highest BCUT2D eigenvalue weighted by Crippen LogP contribution is 2.21. The van der Waals surface area contributed by atoms with E-state index in [0.717, 1.165) is 29.4 Å². The molecule has 0 aliphatic carbocycles. The summed E-state index contributed by atoms with van der Waals surface area (Å²) in [7, 11) is 0. The molecule has 1 aliphatic rings. The van der Waals surface area contributed by atoms with Crippen molar-refractivity contribution < 1.29 is 14.6 Å². The van der Waals surface area contributed by atoms with Gasteiger partial charge in [-0.25, -0.2) is 0 Å². The van der Waals surface area contributed by atoms with Gasteiger partial charge in [0.15, 0.2) is 0 Å². The standard InChI is InChI=1S/C15H22ClNO3/c1-10-7-13(3-4-14(10)16)20-9-12(18)8-17-15-5-6-19-11(15)2/h3-4,7,11-12,15,17-18H,5-6,8-9H2,1-2H3. The van der Waals surface area contributed by atoms with Gasteiger partial charge in [0.25, 0.3) is 0 Å². The van der Waals surface area contributed by atoms with E-state index >= 15 is 0 Å². The molecule has 2 rings (SSSR count). The van der Waals surface area contributed by atoms with Crippen LogP contribution in [0.15, 0.2) is 18.2 Å². The van der Waals surface area contributed by atoms with Crippen LogP contribution < -0.4 is 10.1 Å². The van der Waals surface area contributed by atoms with Crippen molar-refractivity contribution in [3.63, 3.8) is 0 Å². The first-order valence-electron chi connectivity index (χ1n) is 6.98. The van der Waals surface area contributed by atoms with Gasteiger partial charge in [-0.3, -0.25) is 0 Å². The molecular formula is C15H22ClNO3. The summed E-state index contributed by atoms with van der Waals surface area (Å²) in [5.41, 5.74) is 0.966. The lowest BCUT2D eigenvalue weighted by molar-refractivity contribution is 0.0897. The molecule has 1 fully saturated rings. The van der Waals surface area contributed by atoms with Crippen LogP contribution in [0.1, 0.15) is 18.9 Å². The van der Waals surface area contributed by atoms with Crippen molar-refractivity contribution in [2.75, 3.05) is 19.8 Å². The number of benzene rings is 1. The Morgan fingerprint density at radius 1 is 1.55 bits per heavy atom. The summed E-state index contributed by atoms with van der Waals surface area (Å²) in [4.78, 5) is 0. The van der Waals surface area contributed by atoms with Gasteiger partial charge in [0.1, 0.15) is 18.5 Å². The maximum Gasteiger partial charge on any atom is 0.119 e. The molecule has 20 heavy (non-hydrogen) atoms. The largest absolute Gasteiger partial charge is 0.491 e. The maximum absolute atomic E-state index is 9.93. The maximum atomic E-state index is 9.93. The van der Waals surface area contributed by atoms with Crippen LogP contribution in [0, 0.1) is 6.92 Å². The third-order valence-corrected chi connectivity index (χ3v) is 3.99. The smallest absolute Gasteiger partial charge is 0.119 e. The van der Waals surface area contributed by atoms with Gasteiger partial charge in [0.2, 0.25) is 0 Å². The van der Waals surface area contributed by atoms with Crippen LogP contribution >= 0.6 is 11.6 Å². The summed E-state index contributed by atoms with van der Waals surface area (Å²) >= 11 is 5.95. The molecule has 112 valence electrons. The van der Waals surface area contributed by atoms with Crippen LogP contribution in [0.3, 0.4) is 0 Å². The number of rotatable bonds is 6. The van der Waals surface area contributed by atoms with Crippen molar-refractivity contribution in [3.05, 3.63) is 28.8 Å². The second-order valence-electron chi connectivity index (χ2n) is 5.26. The topological polar surface area (TPSA) is 50.7 Å². The quantitative estimate of drug-likeness (QED) is 0.845. The summed E-state index contributed by atoms with van der Waals surface area (Å²) in [6.07, 6.45) is 0.659. The average molecular weight is 300 g/mol. The minimum Gasteiger partial charge on any atom is -0.491 e. The molecule has 1 aromatic rings. The molecule has 1 aromatic carbocycles. The lowest BCUT2D eigenvalue weighted by Crippen LogP contribution is -2.41. The van der Waals surface area contributed by atoms with Crippen LogP contribution in [-0.4, -0.2) is 43.1 Å².